The van der Waals surface area contributed by atoms with Gasteiger partial charge in [-0.3, -0.25) is 9.59 Å². The molecule has 1 saturated heterocycles. The Morgan fingerprint density at radius 2 is 1.93 bits per heavy atom. The lowest BCUT2D eigenvalue weighted by molar-refractivity contribution is -0.118. The molecule has 1 fully saturated rings. The van der Waals surface area contributed by atoms with E-state index < -0.39 is 5.63 Å². The molecule has 0 spiro atoms. The minimum Gasteiger partial charge on any atom is -0.422 e. The van der Waals surface area contributed by atoms with Gasteiger partial charge in [-0.1, -0.05) is 30.3 Å². The predicted octanol–water partition coefficient (Wildman–Crippen LogP) is 3.58. The van der Waals surface area contributed by atoms with Gasteiger partial charge in [-0.15, -0.1) is 0 Å². The standard InChI is InChI=1S/C24H24N2O4/c25-22(27)11-10-16-5-4-12-26(15-16)23(28)19-8-3-7-17(13-19)20-14-18-6-1-2-9-21(18)30-24(20)29/h1-3,6-9,13-14,16H,4-5,10-12,15H2,(H2,25,27). The number of amides is 2. The number of nitrogens with zero attached hydrogens (tertiary/aromatic N) is 1. The molecular weight excluding hydrogens is 380 g/mol. The number of fused-ring (bicyclic) bond motifs is 1. The topological polar surface area (TPSA) is 93.6 Å². The van der Waals surface area contributed by atoms with Crippen LogP contribution in [0.5, 0.6) is 0 Å². The molecule has 6 nitrogen and oxygen atoms in total. The van der Waals surface area contributed by atoms with Crippen LogP contribution in [0, 0.1) is 5.92 Å². The highest BCUT2D eigenvalue weighted by molar-refractivity contribution is 5.95. The van der Waals surface area contributed by atoms with E-state index >= 15 is 0 Å². The number of carbonyl (C=O) groups is 2. The summed E-state index contributed by atoms with van der Waals surface area (Å²) < 4.78 is 5.44. The zero-order valence-electron chi connectivity index (χ0n) is 16.7. The van der Waals surface area contributed by atoms with Gasteiger partial charge < -0.3 is 15.1 Å². The molecule has 1 aromatic heterocycles. The highest BCUT2D eigenvalue weighted by atomic mass is 16.4. The summed E-state index contributed by atoms with van der Waals surface area (Å²) in [5.74, 6) is -0.0860. The van der Waals surface area contributed by atoms with Crippen molar-refractivity contribution < 1.29 is 14.0 Å². The van der Waals surface area contributed by atoms with Crippen molar-refractivity contribution in [3.8, 4) is 11.1 Å². The number of para-hydroxylation sites is 1. The fraction of sp³-hybridized carbons (Fsp3) is 0.292. The summed E-state index contributed by atoms with van der Waals surface area (Å²) in [5, 5.41) is 0.831. The molecule has 0 radical (unpaired) electrons. The SMILES string of the molecule is NC(=O)CCC1CCCN(C(=O)c2cccc(-c3cc4ccccc4oc3=O)c2)C1. The van der Waals surface area contributed by atoms with Crippen LogP contribution in [0.2, 0.25) is 0 Å². The molecule has 2 aromatic carbocycles. The van der Waals surface area contributed by atoms with Gasteiger partial charge in [-0.25, -0.2) is 4.79 Å². The number of carbonyl (C=O) groups excluding carboxylic acids is 2. The molecule has 2 amide bonds. The molecule has 0 bridgehead atoms. The maximum Gasteiger partial charge on any atom is 0.344 e. The molecular formula is C24H24N2O4. The molecule has 2 N–H and O–H groups in total. The van der Waals surface area contributed by atoms with E-state index in [-0.39, 0.29) is 17.7 Å². The first-order chi connectivity index (χ1) is 14.5. The van der Waals surface area contributed by atoms with Crippen molar-refractivity contribution in [3.05, 3.63) is 70.6 Å². The van der Waals surface area contributed by atoms with Gasteiger partial charge in [-0.2, -0.15) is 0 Å². The molecule has 2 heterocycles. The summed E-state index contributed by atoms with van der Waals surface area (Å²) in [6.45, 7) is 1.31. The second-order valence-corrected chi connectivity index (χ2v) is 7.83. The molecule has 1 atom stereocenters. The van der Waals surface area contributed by atoms with E-state index in [2.05, 4.69) is 0 Å². The summed E-state index contributed by atoms with van der Waals surface area (Å²) in [6.07, 6.45) is 2.95. The Labute approximate surface area is 174 Å². The monoisotopic (exact) mass is 404 g/mol. The summed E-state index contributed by atoms with van der Waals surface area (Å²) in [5.41, 5.74) is 6.99. The molecule has 1 aliphatic heterocycles. The first kappa shape index (κ1) is 19.9. The minimum absolute atomic E-state index is 0.0641. The van der Waals surface area contributed by atoms with Crippen molar-refractivity contribution in [1.82, 2.24) is 4.90 Å². The average Bonchev–Trinajstić information content (AvgIpc) is 2.77. The molecule has 30 heavy (non-hydrogen) atoms. The summed E-state index contributed by atoms with van der Waals surface area (Å²) in [4.78, 5) is 38.5. The van der Waals surface area contributed by atoms with Crippen molar-refractivity contribution in [1.29, 1.82) is 0 Å². The van der Waals surface area contributed by atoms with E-state index in [0.29, 0.717) is 48.2 Å². The number of hydrogen-bond donors (Lipinski definition) is 1. The van der Waals surface area contributed by atoms with Crippen molar-refractivity contribution in [2.75, 3.05) is 13.1 Å². The highest BCUT2D eigenvalue weighted by Gasteiger charge is 2.25. The van der Waals surface area contributed by atoms with Crippen LogP contribution in [0.15, 0.2) is 63.8 Å². The van der Waals surface area contributed by atoms with Crippen LogP contribution in [0.1, 0.15) is 36.0 Å². The third-order valence-electron chi connectivity index (χ3n) is 5.67. The van der Waals surface area contributed by atoms with Gasteiger partial charge in [0.25, 0.3) is 5.91 Å². The molecule has 1 unspecified atom stereocenters. The van der Waals surface area contributed by atoms with E-state index in [1.807, 2.05) is 29.2 Å². The molecule has 0 saturated carbocycles. The molecule has 3 aromatic rings. The number of likely N-dealkylation sites (tertiary alicyclic amines) is 1. The number of primary amides is 1. The lowest BCUT2D eigenvalue weighted by Crippen LogP contribution is -2.40. The molecule has 1 aliphatic rings. The maximum absolute atomic E-state index is 13.1. The van der Waals surface area contributed by atoms with E-state index in [1.54, 1.807) is 30.3 Å². The van der Waals surface area contributed by atoms with E-state index in [4.69, 9.17) is 10.2 Å². The smallest absolute Gasteiger partial charge is 0.344 e. The lowest BCUT2D eigenvalue weighted by Gasteiger charge is -2.32. The van der Waals surface area contributed by atoms with Gasteiger partial charge in [0.05, 0.1) is 5.56 Å². The van der Waals surface area contributed by atoms with Crippen LogP contribution >= 0.6 is 0 Å². The number of piperidine rings is 1. The van der Waals surface area contributed by atoms with E-state index in [9.17, 15) is 14.4 Å². The minimum atomic E-state index is -0.428. The second kappa shape index (κ2) is 8.53. The largest absolute Gasteiger partial charge is 0.422 e. The zero-order valence-corrected chi connectivity index (χ0v) is 16.7. The van der Waals surface area contributed by atoms with Gasteiger partial charge in [0.1, 0.15) is 5.58 Å². The highest BCUT2D eigenvalue weighted by Crippen LogP contribution is 2.25. The predicted molar refractivity (Wildman–Crippen MR) is 115 cm³/mol. The van der Waals surface area contributed by atoms with E-state index in [1.165, 1.54) is 0 Å². The number of hydrogen-bond acceptors (Lipinski definition) is 4. The Bertz CT molecular complexity index is 1150. The van der Waals surface area contributed by atoms with Crippen LogP contribution in [-0.4, -0.2) is 29.8 Å². The molecule has 0 aliphatic carbocycles. The van der Waals surface area contributed by atoms with Gasteiger partial charge in [0.15, 0.2) is 0 Å². The number of benzene rings is 2. The summed E-state index contributed by atoms with van der Waals surface area (Å²) >= 11 is 0. The van der Waals surface area contributed by atoms with Crippen molar-refractivity contribution >= 4 is 22.8 Å². The normalized spacial score (nSPS) is 16.5. The summed E-state index contributed by atoms with van der Waals surface area (Å²) in [6, 6.07) is 16.2. The lowest BCUT2D eigenvalue weighted by atomic mass is 9.92. The zero-order chi connectivity index (χ0) is 21.1. The Kier molecular flexibility index (Phi) is 5.65. The quantitative estimate of drug-likeness (QED) is 0.658. The molecule has 6 heteroatoms. The Hall–Kier alpha value is -3.41. The molecule has 4 rings (SSSR count). The van der Waals surface area contributed by atoms with Crippen molar-refractivity contribution in [3.63, 3.8) is 0 Å². The first-order valence-corrected chi connectivity index (χ1v) is 10.2. The third kappa shape index (κ3) is 4.27. The third-order valence-corrected chi connectivity index (χ3v) is 5.67. The van der Waals surface area contributed by atoms with Crippen LogP contribution in [0.3, 0.4) is 0 Å². The van der Waals surface area contributed by atoms with Crippen LogP contribution in [-0.2, 0) is 4.79 Å². The number of nitrogens with two attached hydrogens (primary N) is 1. The second-order valence-electron chi connectivity index (χ2n) is 7.83. The maximum atomic E-state index is 13.1. The number of rotatable bonds is 5. The van der Waals surface area contributed by atoms with E-state index in [0.717, 1.165) is 18.2 Å². The Balaban J connectivity index is 1.57. The fourth-order valence-corrected chi connectivity index (χ4v) is 4.10. The van der Waals surface area contributed by atoms with Crippen molar-refractivity contribution in [2.24, 2.45) is 11.7 Å². The Morgan fingerprint density at radius 3 is 2.77 bits per heavy atom. The fourth-order valence-electron chi connectivity index (χ4n) is 4.10. The Morgan fingerprint density at radius 1 is 1.10 bits per heavy atom. The van der Waals surface area contributed by atoms with Crippen molar-refractivity contribution in [2.45, 2.75) is 25.7 Å². The van der Waals surface area contributed by atoms with Gasteiger partial charge in [0, 0.05) is 30.5 Å². The van der Waals surface area contributed by atoms with Gasteiger partial charge in [-0.05, 0) is 55.0 Å². The van der Waals surface area contributed by atoms with Gasteiger partial charge >= 0.3 is 5.63 Å². The summed E-state index contributed by atoms with van der Waals surface area (Å²) in [7, 11) is 0. The molecule has 154 valence electrons. The average molecular weight is 404 g/mol. The van der Waals surface area contributed by atoms with Crippen LogP contribution in [0.4, 0.5) is 0 Å². The first-order valence-electron chi connectivity index (χ1n) is 10.2. The van der Waals surface area contributed by atoms with Gasteiger partial charge in [0.2, 0.25) is 5.91 Å². The van der Waals surface area contributed by atoms with Crippen LogP contribution in [0.25, 0.3) is 22.1 Å². The van der Waals surface area contributed by atoms with Crippen LogP contribution < -0.4 is 11.4 Å².